The van der Waals surface area contributed by atoms with E-state index in [2.05, 4.69) is 15.0 Å². The summed E-state index contributed by atoms with van der Waals surface area (Å²) in [6.45, 7) is 1.61. The van der Waals surface area contributed by atoms with Gasteiger partial charge in [-0.1, -0.05) is 11.3 Å². The number of hydrogen-bond donors (Lipinski definition) is 2. The van der Waals surface area contributed by atoms with Gasteiger partial charge in [0.25, 0.3) is 15.9 Å². The Balaban J connectivity index is 1.76. The van der Waals surface area contributed by atoms with Gasteiger partial charge >= 0.3 is 0 Å². The Morgan fingerprint density at radius 3 is 2.36 bits per heavy atom. The molecule has 0 aliphatic heterocycles. The average Bonchev–Trinajstić information content (AvgIpc) is 3.02. The number of anilines is 2. The van der Waals surface area contributed by atoms with Gasteiger partial charge in [-0.25, -0.2) is 17.8 Å². The molecule has 3 aromatic rings. The van der Waals surface area contributed by atoms with Crippen molar-refractivity contribution in [2.45, 2.75) is 11.8 Å². The fourth-order valence-electron chi connectivity index (χ4n) is 2.30. The average molecular weight is 421 g/mol. The number of carbonyl (C=O) groups excluding carboxylic acids is 1. The molecular weight excluding hydrogens is 405 g/mol. The summed E-state index contributed by atoms with van der Waals surface area (Å²) in [6, 6.07) is 11.2. The molecule has 0 atom stereocenters. The lowest BCUT2D eigenvalue weighted by atomic mass is 10.3. The molecule has 0 aliphatic carbocycles. The van der Waals surface area contributed by atoms with E-state index in [1.165, 1.54) is 0 Å². The normalized spacial score (nSPS) is 11.1. The first kappa shape index (κ1) is 19.8. The van der Waals surface area contributed by atoms with Crippen molar-refractivity contribution in [1.29, 1.82) is 0 Å². The molecule has 2 aromatic carbocycles. The van der Waals surface area contributed by atoms with Crippen LogP contribution >= 0.6 is 11.3 Å². The monoisotopic (exact) mass is 421 g/mol. The second-order valence-electron chi connectivity index (χ2n) is 5.68. The Labute approximate surface area is 165 Å². The number of ether oxygens (including phenoxy) is 1. The molecule has 146 valence electrons. The number of nitrogens with one attached hydrogen (secondary N) is 2. The molecule has 0 bridgehead atoms. The van der Waals surface area contributed by atoms with Gasteiger partial charge in [-0.3, -0.25) is 9.52 Å². The zero-order chi connectivity index (χ0) is 20.3. The Morgan fingerprint density at radius 2 is 1.75 bits per heavy atom. The molecule has 2 N–H and O–H groups in total. The summed E-state index contributed by atoms with van der Waals surface area (Å²) in [5.41, 5.74) is 0.944. The van der Waals surface area contributed by atoms with Crippen LogP contribution in [0.15, 0.2) is 53.4 Å². The van der Waals surface area contributed by atoms with Crippen molar-refractivity contribution in [3.05, 3.63) is 64.9 Å². The van der Waals surface area contributed by atoms with Gasteiger partial charge < -0.3 is 10.1 Å². The third-order valence-electron chi connectivity index (χ3n) is 3.70. The highest BCUT2D eigenvalue weighted by atomic mass is 32.2. The molecular formula is C18H16FN3O4S2. The lowest BCUT2D eigenvalue weighted by Gasteiger charge is -2.05. The largest absolute Gasteiger partial charge is 0.497 e. The number of halogens is 1. The topological polar surface area (TPSA) is 97.4 Å². The number of carbonyl (C=O) groups is 1. The first-order valence-corrected chi connectivity index (χ1v) is 10.3. The van der Waals surface area contributed by atoms with Crippen molar-refractivity contribution in [3.63, 3.8) is 0 Å². The molecule has 0 saturated carbocycles. The summed E-state index contributed by atoms with van der Waals surface area (Å²) in [5, 5.41) is 2.76. The van der Waals surface area contributed by atoms with Crippen LogP contribution in [0.3, 0.4) is 0 Å². The van der Waals surface area contributed by atoms with E-state index < -0.39 is 21.7 Å². The Kier molecular flexibility index (Phi) is 5.61. The van der Waals surface area contributed by atoms with E-state index in [9.17, 15) is 17.6 Å². The molecule has 0 radical (unpaired) electrons. The summed E-state index contributed by atoms with van der Waals surface area (Å²) in [4.78, 5) is 16.8. The van der Waals surface area contributed by atoms with Crippen LogP contribution < -0.4 is 14.8 Å². The summed E-state index contributed by atoms with van der Waals surface area (Å²) < 4.78 is 45.1. The number of methoxy groups -OCH3 is 1. The van der Waals surface area contributed by atoms with E-state index in [1.807, 2.05) is 0 Å². The second kappa shape index (κ2) is 7.95. The van der Waals surface area contributed by atoms with Crippen LogP contribution in [0.2, 0.25) is 0 Å². The Morgan fingerprint density at radius 1 is 1.11 bits per heavy atom. The quantitative estimate of drug-likeness (QED) is 0.633. The zero-order valence-electron chi connectivity index (χ0n) is 14.9. The molecule has 7 nitrogen and oxygen atoms in total. The summed E-state index contributed by atoms with van der Waals surface area (Å²) in [6.07, 6.45) is 0. The molecule has 0 saturated heterocycles. The molecule has 1 heterocycles. The summed E-state index contributed by atoms with van der Waals surface area (Å²) in [5.74, 6) is -0.293. The molecule has 0 unspecified atom stereocenters. The van der Waals surface area contributed by atoms with Crippen LogP contribution in [-0.2, 0) is 10.0 Å². The van der Waals surface area contributed by atoms with E-state index >= 15 is 0 Å². The first-order valence-electron chi connectivity index (χ1n) is 8.00. The van der Waals surface area contributed by atoms with Crippen molar-refractivity contribution in [2.24, 2.45) is 0 Å². The van der Waals surface area contributed by atoms with E-state index in [1.54, 1.807) is 38.3 Å². The van der Waals surface area contributed by atoms with Crippen molar-refractivity contribution >= 4 is 38.1 Å². The highest BCUT2D eigenvalue weighted by molar-refractivity contribution is 7.93. The van der Waals surface area contributed by atoms with Crippen molar-refractivity contribution in [2.75, 3.05) is 17.1 Å². The minimum atomic E-state index is -3.94. The van der Waals surface area contributed by atoms with Crippen molar-refractivity contribution in [1.82, 2.24) is 4.98 Å². The van der Waals surface area contributed by atoms with Crippen LogP contribution in [0.4, 0.5) is 15.2 Å². The number of amides is 1. The fourth-order valence-corrected chi connectivity index (χ4v) is 4.40. The zero-order valence-corrected chi connectivity index (χ0v) is 16.5. The Hall–Kier alpha value is -2.98. The highest BCUT2D eigenvalue weighted by Crippen LogP contribution is 2.26. The molecule has 3 rings (SSSR count). The number of sulfonamides is 1. The van der Waals surface area contributed by atoms with Gasteiger partial charge in [-0.15, -0.1) is 0 Å². The van der Waals surface area contributed by atoms with Gasteiger partial charge in [0.05, 0.1) is 17.7 Å². The van der Waals surface area contributed by atoms with Gasteiger partial charge in [0.15, 0.2) is 5.13 Å². The van der Waals surface area contributed by atoms with E-state index in [-0.39, 0.29) is 14.9 Å². The second-order valence-corrected chi connectivity index (χ2v) is 8.36. The molecule has 0 aliphatic rings. The standard InChI is InChI=1S/C18H16FN3O4S2/c1-11-16(17(23)21-13-5-7-14(26-2)8-6-13)27-18(20-11)22-28(24,25)15-9-3-12(19)4-10-15/h3-10H,1-2H3,(H,20,22)(H,21,23). The minimum absolute atomic E-state index is 0.0432. The van der Waals surface area contributed by atoms with Gasteiger partial charge in [0.1, 0.15) is 16.4 Å². The van der Waals surface area contributed by atoms with Crippen molar-refractivity contribution in [3.8, 4) is 5.75 Å². The maximum Gasteiger partial charge on any atom is 0.267 e. The molecule has 1 amide bonds. The van der Waals surface area contributed by atoms with Crippen LogP contribution in [0, 0.1) is 12.7 Å². The van der Waals surface area contributed by atoms with Crippen LogP contribution in [0.5, 0.6) is 5.75 Å². The molecule has 0 spiro atoms. The minimum Gasteiger partial charge on any atom is -0.497 e. The predicted octanol–water partition coefficient (Wildman–Crippen LogP) is 3.65. The van der Waals surface area contributed by atoms with Gasteiger partial charge in [-0.2, -0.15) is 0 Å². The van der Waals surface area contributed by atoms with E-state index in [4.69, 9.17) is 4.74 Å². The van der Waals surface area contributed by atoms with Crippen LogP contribution in [0.1, 0.15) is 15.4 Å². The third-order valence-corrected chi connectivity index (χ3v) is 6.25. The summed E-state index contributed by atoms with van der Waals surface area (Å²) >= 11 is 0.907. The number of aryl methyl sites for hydroxylation is 1. The number of rotatable bonds is 6. The smallest absolute Gasteiger partial charge is 0.267 e. The van der Waals surface area contributed by atoms with Crippen LogP contribution in [0.25, 0.3) is 0 Å². The number of nitrogens with zero attached hydrogens (tertiary/aromatic N) is 1. The predicted molar refractivity (Wildman–Crippen MR) is 105 cm³/mol. The number of thiazole rings is 1. The van der Waals surface area contributed by atoms with Gasteiger partial charge in [0, 0.05) is 5.69 Å². The lowest BCUT2D eigenvalue weighted by Crippen LogP contribution is -2.12. The van der Waals surface area contributed by atoms with Crippen molar-refractivity contribution < 1.29 is 22.3 Å². The van der Waals surface area contributed by atoms with E-state index in [0.717, 1.165) is 35.6 Å². The Bertz CT molecular complexity index is 1090. The maximum absolute atomic E-state index is 13.0. The molecule has 0 fully saturated rings. The number of benzene rings is 2. The molecule has 28 heavy (non-hydrogen) atoms. The van der Waals surface area contributed by atoms with Gasteiger partial charge in [0.2, 0.25) is 0 Å². The maximum atomic E-state index is 13.0. The number of aromatic nitrogens is 1. The SMILES string of the molecule is COc1ccc(NC(=O)c2sc(NS(=O)(=O)c3ccc(F)cc3)nc2C)cc1. The van der Waals surface area contributed by atoms with E-state index in [0.29, 0.717) is 17.1 Å². The van der Waals surface area contributed by atoms with Gasteiger partial charge in [-0.05, 0) is 55.5 Å². The van der Waals surface area contributed by atoms with Crippen LogP contribution in [-0.4, -0.2) is 26.4 Å². The third kappa shape index (κ3) is 4.46. The lowest BCUT2D eigenvalue weighted by molar-refractivity contribution is 0.103. The molecule has 10 heteroatoms. The first-order chi connectivity index (χ1) is 13.3. The summed E-state index contributed by atoms with van der Waals surface area (Å²) in [7, 11) is -2.40. The molecule has 1 aromatic heterocycles. The highest BCUT2D eigenvalue weighted by Gasteiger charge is 2.20. The number of hydrogen-bond acceptors (Lipinski definition) is 6. The fraction of sp³-hybridized carbons (Fsp3) is 0.111.